The molecule has 1 atom stereocenters. The number of rotatable bonds is 4. The lowest BCUT2D eigenvalue weighted by Gasteiger charge is -2.17. The Morgan fingerprint density at radius 1 is 1.38 bits per heavy atom. The van der Waals surface area contributed by atoms with Gasteiger partial charge in [-0.3, -0.25) is 4.79 Å². The van der Waals surface area contributed by atoms with Crippen LogP contribution in [0.5, 0.6) is 0 Å². The van der Waals surface area contributed by atoms with Gasteiger partial charge >= 0.3 is 0 Å². The van der Waals surface area contributed by atoms with Gasteiger partial charge < -0.3 is 4.90 Å². The van der Waals surface area contributed by atoms with Gasteiger partial charge in [-0.2, -0.15) is 0 Å². The zero-order valence-corrected chi connectivity index (χ0v) is 13.3. The van der Waals surface area contributed by atoms with E-state index in [2.05, 4.69) is 0 Å². The maximum atomic E-state index is 12.3. The molecule has 5 nitrogen and oxygen atoms in total. The minimum Gasteiger partial charge on any atom is -0.342 e. The molecule has 0 aliphatic carbocycles. The maximum Gasteiger partial charge on any atom is 0.227 e. The van der Waals surface area contributed by atoms with Gasteiger partial charge in [0.1, 0.15) is 0 Å². The molecule has 1 aliphatic heterocycles. The van der Waals surface area contributed by atoms with E-state index in [0.717, 1.165) is 16.7 Å². The van der Waals surface area contributed by atoms with Crippen molar-refractivity contribution in [2.24, 2.45) is 11.1 Å². The van der Waals surface area contributed by atoms with Crippen molar-refractivity contribution in [1.82, 2.24) is 4.90 Å². The molecule has 2 N–H and O–H groups in total. The van der Waals surface area contributed by atoms with E-state index in [9.17, 15) is 13.2 Å². The number of amides is 1. The lowest BCUT2D eigenvalue weighted by Crippen LogP contribution is -2.32. The highest BCUT2D eigenvalue weighted by molar-refractivity contribution is 7.89. The van der Waals surface area contributed by atoms with Gasteiger partial charge in [0.05, 0.1) is 12.2 Å². The van der Waals surface area contributed by atoms with Crippen LogP contribution in [0.4, 0.5) is 0 Å². The Bertz CT molecular complexity index is 640. The minimum absolute atomic E-state index is 0.0393. The molecular formula is C15H22N2O3S. The van der Waals surface area contributed by atoms with Crippen molar-refractivity contribution in [1.29, 1.82) is 0 Å². The van der Waals surface area contributed by atoms with Crippen LogP contribution in [0.2, 0.25) is 0 Å². The molecule has 21 heavy (non-hydrogen) atoms. The van der Waals surface area contributed by atoms with Crippen molar-refractivity contribution >= 4 is 15.9 Å². The van der Waals surface area contributed by atoms with E-state index in [1.165, 1.54) is 0 Å². The zero-order valence-electron chi connectivity index (χ0n) is 12.5. The van der Waals surface area contributed by atoms with Gasteiger partial charge in [-0.25, -0.2) is 13.6 Å². The number of sulfonamides is 1. The fourth-order valence-corrected chi connectivity index (χ4v) is 3.72. The summed E-state index contributed by atoms with van der Waals surface area (Å²) in [6.45, 7) is 5.10. The topological polar surface area (TPSA) is 80.5 Å². The summed E-state index contributed by atoms with van der Waals surface area (Å²) < 4.78 is 22.2. The first-order valence-electron chi connectivity index (χ1n) is 7.09. The fourth-order valence-electron chi connectivity index (χ4n) is 2.79. The summed E-state index contributed by atoms with van der Waals surface area (Å²) in [6.07, 6.45) is 1.07. The van der Waals surface area contributed by atoms with Gasteiger partial charge in [-0.05, 0) is 37.3 Å². The van der Waals surface area contributed by atoms with Crippen molar-refractivity contribution in [2.45, 2.75) is 26.7 Å². The quantitative estimate of drug-likeness (QED) is 0.900. The molecule has 2 rings (SSSR count). The average Bonchev–Trinajstić information content (AvgIpc) is 2.80. The van der Waals surface area contributed by atoms with Crippen LogP contribution in [0.15, 0.2) is 18.2 Å². The fraction of sp³-hybridized carbons (Fsp3) is 0.533. The Kier molecular flexibility index (Phi) is 4.68. The van der Waals surface area contributed by atoms with E-state index in [4.69, 9.17) is 5.14 Å². The Labute approximate surface area is 126 Å². The highest BCUT2D eigenvalue weighted by atomic mass is 32.2. The van der Waals surface area contributed by atoms with E-state index in [1.807, 2.05) is 32.0 Å². The maximum absolute atomic E-state index is 12.3. The number of primary sulfonamides is 1. The van der Waals surface area contributed by atoms with Gasteiger partial charge in [-0.1, -0.05) is 23.8 Å². The predicted octanol–water partition coefficient (Wildman–Crippen LogP) is 0.983. The second-order valence-electron chi connectivity index (χ2n) is 5.93. The third-order valence-electron chi connectivity index (χ3n) is 3.95. The average molecular weight is 310 g/mol. The second-order valence-corrected chi connectivity index (χ2v) is 7.59. The second kappa shape index (κ2) is 6.15. The van der Waals surface area contributed by atoms with Crippen LogP contribution in [0.25, 0.3) is 0 Å². The van der Waals surface area contributed by atoms with Crippen LogP contribution in [-0.4, -0.2) is 38.1 Å². The molecule has 1 fully saturated rings. The summed E-state index contributed by atoms with van der Waals surface area (Å²) >= 11 is 0. The number of likely N-dealkylation sites (tertiary alicyclic amines) is 1. The summed E-state index contributed by atoms with van der Waals surface area (Å²) in [5.41, 5.74) is 3.28. The van der Waals surface area contributed by atoms with Crippen LogP contribution >= 0.6 is 0 Å². The Hall–Kier alpha value is -1.40. The van der Waals surface area contributed by atoms with Gasteiger partial charge in [0.2, 0.25) is 15.9 Å². The molecular weight excluding hydrogens is 288 g/mol. The van der Waals surface area contributed by atoms with Crippen LogP contribution in [0.3, 0.4) is 0 Å². The van der Waals surface area contributed by atoms with Crippen LogP contribution in [-0.2, 0) is 21.2 Å². The molecule has 1 aromatic rings. The van der Waals surface area contributed by atoms with Gasteiger partial charge in [0.25, 0.3) is 0 Å². The number of carbonyl (C=O) groups excluding carboxylic acids is 1. The number of hydrogen-bond acceptors (Lipinski definition) is 3. The van der Waals surface area contributed by atoms with Crippen molar-refractivity contribution in [3.63, 3.8) is 0 Å². The molecule has 0 spiro atoms. The number of hydrogen-bond donors (Lipinski definition) is 1. The first-order chi connectivity index (χ1) is 9.74. The molecule has 116 valence electrons. The van der Waals surface area contributed by atoms with E-state index in [-0.39, 0.29) is 17.6 Å². The van der Waals surface area contributed by atoms with Crippen molar-refractivity contribution in [2.75, 3.05) is 18.8 Å². The SMILES string of the molecule is Cc1ccc(C)c(CC(=O)N2CC[C@H](CS(N)(=O)=O)C2)c1. The molecule has 1 aromatic carbocycles. The molecule has 1 aliphatic rings. The molecule has 1 heterocycles. The predicted molar refractivity (Wildman–Crippen MR) is 82.3 cm³/mol. The summed E-state index contributed by atoms with van der Waals surface area (Å²) in [5.74, 6) is -0.0246. The smallest absolute Gasteiger partial charge is 0.227 e. The third-order valence-corrected chi connectivity index (χ3v) is 4.89. The van der Waals surface area contributed by atoms with Crippen LogP contribution in [0.1, 0.15) is 23.1 Å². The van der Waals surface area contributed by atoms with E-state index in [1.54, 1.807) is 4.90 Å². The van der Waals surface area contributed by atoms with Gasteiger partial charge in [0.15, 0.2) is 0 Å². The highest BCUT2D eigenvalue weighted by Gasteiger charge is 2.28. The Morgan fingerprint density at radius 2 is 2.10 bits per heavy atom. The summed E-state index contributed by atoms with van der Waals surface area (Å²) in [6, 6.07) is 6.08. The summed E-state index contributed by atoms with van der Waals surface area (Å²) in [5, 5.41) is 5.07. The zero-order chi connectivity index (χ0) is 15.6. The van der Waals surface area contributed by atoms with Crippen molar-refractivity contribution in [3.8, 4) is 0 Å². The standard InChI is InChI=1S/C15H22N2O3S/c1-11-3-4-12(2)14(7-11)8-15(18)17-6-5-13(9-17)10-21(16,19)20/h3-4,7,13H,5-6,8-10H2,1-2H3,(H2,16,19,20)/t13-/m0/s1. The first-order valence-corrected chi connectivity index (χ1v) is 8.80. The summed E-state index contributed by atoms with van der Waals surface area (Å²) in [7, 11) is -3.47. The normalized spacial score (nSPS) is 19.0. The van der Waals surface area contributed by atoms with Crippen LogP contribution < -0.4 is 5.14 Å². The van der Waals surface area contributed by atoms with Crippen molar-refractivity contribution < 1.29 is 13.2 Å². The highest BCUT2D eigenvalue weighted by Crippen LogP contribution is 2.19. The van der Waals surface area contributed by atoms with E-state index in [0.29, 0.717) is 25.9 Å². The molecule has 0 bridgehead atoms. The van der Waals surface area contributed by atoms with E-state index >= 15 is 0 Å². The molecule has 0 saturated carbocycles. The van der Waals surface area contributed by atoms with Crippen LogP contribution in [0, 0.1) is 19.8 Å². The number of nitrogens with zero attached hydrogens (tertiary/aromatic N) is 1. The number of nitrogens with two attached hydrogens (primary N) is 1. The van der Waals surface area contributed by atoms with Gasteiger partial charge in [0, 0.05) is 13.1 Å². The molecule has 0 aromatic heterocycles. The van der Waals surface area contributed by atoms with Gasteiger partial charge in [-0.15, -0.1) is 0 Å². The monoisotopic (exact) mass is 310 g/mol. The van der Waals surface area contributed by atoms with Crippen molar-refractivity contribution in [3.05, 3.63) is 34.9 Å². The molecule has 1 saturated heterocycles. The lowest BCUT2D eigenvalue weighted by atomic mass is 10.0. The number of carbonyl (C=O) groups is 1. The number of aryl methyl sites for hydroxylation is 2. The largest absolute Gasteiger partial charge is 0.342 e. The molecule has 1 amide bonds. The molecule has 6 heteroatoms. The Balaban J connectivity index is 1.97. The minimum atomic E-state index is -3.47. The third kappa shape index (κ3) is 4.54. The molecule has 0 radical (unpaired) electrons. The summed E-state index contributed by atoms with van der Waals surface area (Å²) in [4.78, 5) is 14.1. The van der Waals surface area contributed by atoms with E-state index < -0.39 is 10.0 Å². The lowest BCUT2D eigenvalue weighted by molar-refractivity contribution is -0.129. The molecule has 0 unspecified atom stereocenters. The first kappa shape index (κ1) is 16.0. The Morgan fingerprint density at radius 3 is 2.76 bits per heavy atom. The number of benzene rings is 1.